The minimum atomic E-state index is -0.220. The summed E-state index contributed by atoms with van der Waals surface area (Å²) in [6.45, 7) is 5.06. The molecule has 32 heavy (non-hydrogen) atoms. The molecule has 0 unspecified atom stereocenters. The summed E-state index contributed by atoms with van der Waals surface area (Å²) in [4.78, 5) is 29.5. The third-order valence-electron chi connectivity index (χ3n) is 5.30. The first kappa shape index (κ1) is 21.8. The predicted octanol–water partition coefficient (Wildman–Crippen LogP) is 3.01. The largest absolute Gasteiger partial charge is 0.508 e. The smallest absolute Gasteiger partial charge is 0.271 e. The molecule has 3 aromatic rings. The van der Waals surface area contributed by atoms with Crippen LogP contribution in [0, 0.1) is 0 Å². The number of hydrogen-bond donors (Lipinski definition) is 2. The van der Waals surface area contributed by atoms with Gasteiger partial charge in [-0.05, 0) is 53.3 Å². The molecule has 4 rings (SSSR count). The number of carbonyl (C=O) groups excluding carboxylic acids is 2. The average molecular weight is 452 g/mol. The van der Waals surface area contributed by atoms with E-state index < -0.39 is 0 Å². The normalized spacial score (nSPS) is 13.8. The Morgan fingerprint density at radius 3 is 2.56 bits per heavy atom. The Morgan fingerprint density at radius 2 is 1.88 bits per heavy atom. The van der Waals surface area contributed by atoms with E-state index in [0.717, 1.165) is 17.5 Å². The maximum atomic E-state index is 13.0. The Morgan fingerprint density at radius 1 is 1.06 bits per heavy atom. The van der Waals surface area contributed by atoms with Crippen molar-refractivity contribution in [2.24, 2.45) is 0 Å². The SMILES string of the molecule is CCCNC(=O)c1ccc(N2CCN(C(=O)c3cc(-c4cccc(O)c4)cs3)CC2)nn1. The van der Waals surface area contributed by atoms with Gasteiger partial charge in [-0.25, -0.2) is 0 Å². The maximum absolute atomic E-state index is 13.0. The van der Waals surface area contributed by atoms with Crippen molar-refractivity contribution in [1.29, 1.82) is 0 Å². The number of phenols is 1. The van der Waals surface area contributed by atoms with Crippen LogP contribution >= 0.6 is 11.3 Å². The second-order valence-electron chi connectivity index (χ2n) is 7.56. The molecule has 1 aliphatic heterocycles. The molecule has 1 aliphatic rings. The number of aromatic hydroxyl groups is 1. The number of phenolic OH excluding ortho intramolecular Hbond substituents is 1. The van der Waals surface area contributed by atoms with E-state index >= 15 is 0 Å². The van der Waals surface area contributed by atoms with Gasteiger partial charge in [0.1, 0.15) is 5.75 Å². The summed E-state index contributed by atoms with van der Waals surface area (Å²) in [6, 6.07) is 12.4. The minimum Gasteiger partial charge on any atom is -0.508 e. The molecule has 9 heteroatoms. The molecule has 0 saturated carbocycles. The number of rotatable bonds is 6. The summed E-state index contributed by atoms with van der Waals surface area (Å²) in [6.07, 6.45) is 0.864. The molecule has 0 atom stereocenters. The lowest BCUT2D eigenvalue weighted by molar-refractivity contribution is 0.0751. The van der Waals surface area contributed by atoms with Crippen LogP contribution in [-0.2, 0) is 0 Å². The zero-order valence-electron chi connectivity index (χ0n) is 17.8. The van der Waals surface area contributed by atoms with Crippen LogP contribution in [0.5, 0.6) is 5.75 Å². The van der Waals surface area contributed by atoms with Gasteiger partial charge in [0.05, 0.1) is 4.88 Å². The molecular formula is C23H25N5O3S. The summed E-state index contributed by atoms with van der Waals surface area (Å²) >= 11 is 1.41. The van der Waals surface area contributed by atoms with Crippen LogP contribution in [0.15, 0.2) is 47.8 Å². The fourth-order valence-corrected chi connectivity index (χ4v) is 4.41. The second kappa shape index (κ2) is 9.78. The van der Waals surface area contributed by atoms with E-state index in [-0.39, 0.29) is 17.6 Å². The number of nitrogens with zero attached hydrogens (tertiary/aromatic N) is 4. The van der Waals surface area contributed by atoms with Crippen molar-refractivity contribution in [2.75, 3.05) is 37.6 Å². The first-order valence-electron chi connectivity index (χ1n) is 10.6. The Labute approximate surface area is 190 Å². The predicted molar refractivity (Wildman–Crippen MR) is 124 cm³/mol. The van der Waals surface area contributed by atoms with Gasteiger partial charge in [-0.1, -0.05) is 19.1 Å². The second-order valence-corrected chi connectivity index (χ2v) is 8.47. The van der Waals surface area contributed by atoms with Gasteiger partial charge in [0, 0.05) is 32.7 Å². The van der Waals surface area contributed by atoms with Gasteiger partial charge in [-0.15, -0.1) is 21.5 Å². The molecule has 2 N–H and O–H groups in total. The highest BCUT2D eigenvalue weighted by molar-refractivity contribution is 7.12. The number of nitrogens with one attached hydrogen (secondary N) is 1. The van der Waals surface area contributed by atoms with Gasteiger partial charge >= 0.3 is 0 Å². The number of piperazine rings is 1. The molecule has 0 bridgehead atoms. The number of amides is 2. The maximum Gasteiger partial charge on any atom is 0.271 e. The zero-order valence-corrected chi connectivity index (χ0v) is 18.6. The van der Waals surface area contributed by atoms with E-state index in [1.807, 2.05) is 29.3 Å². The van der Waals surface area contributed by atoms with Crippen LogP contribution in [0.2, 0.25) is 0 Å². The van der Waals surface area contributed by atoms with Crippen LogP contribution in [0.4, 0.5) is 5.82 Å². The van der Waals surface area contributed by atoms with Crippen molar-refractivity contribution < 1.29 is 14.7 Å². The fraction of sp³-hybridized carbons (Fsp3) is 0.304. The number of hydrogen-bond acceptors (Lipinski definition) is 7. The summed E-state index contributed by atoms with van der Waals surface area (Å²) < 4.78 is 0. The van der Waals surface area contributed by atoms with E-state index in [9.17, 15) is 14.7 Å². The minimum absolute atomic E-state index is 0.00933. The average Bonchev–Trinajstić information content (AvgIpc) is 3.33. The lowest BCUT2D eigenvalue weighted by Crippen LogP contribution is -2.49. The quantitative estimate of drug-likeness (QED) is 0.598. The zero-order chi connectivity index (χ0) is 22.5. The molecule has 1 saturated heterocycles. The molecule has 3 heterocycles. The van der Waals surface area contributed by atoms with E-state index in [2.05, 4.69) is 20.4 Å². The van der Waals surface area contributed by atoms with Crippen molar-refractivity contribution in [3.05, 3.63) is 58.4 Å². The molecule has 1 aromatic carbocycles. The Hall–Kier alpha value is -3.46. The lowest BCUT2D eigenvalue weighted by Gasteiger charge is -2.35. The number of aromatic nitrogens is 2. The molecule has 2 amide bonds. The van der Waals surface area contributed by atoms with Gasteiger partial charge in [0.15, 0.2) is 11.5 Å². The van der Waals surface area contributed by atoms with Gasteiger partial charge in [0.25, 0.3) is 11.8 Å². The van der Waals surface area contributed by atoms with Crippen LogP contribution in [-0.4, -0.2) is 64.7 Å². The number of anilines is 1. The summed E-state index contributed by atoms with van der Waals surface area (Å²) in [5.41, 5.74) is 2.11. The number of thiophene rings is 1. The molecule has 1 fully saturated rings. The van der Waals surface area contributed by atoms with Crippen molar-refractivity contribution in [3.63, 3.8) is 0 Å². The third kappa shape index (κ3) is 4.88. The Kier molecular flexibility index (Phi) is 6.65. The van der Waals surface area contributed by atoms with Crippen LogP contribution in [0.1, 0.15) is 33.5 Å². The van der Waals surface area contributed by atoms with Crippen molar-refractivity contribution in [2.45, 2.75) is 13.3 Å². The van der Waals surface area contributed by atoms with E-state index in [1.54, 1.807) is 30.3 Å². The topological polar surface area (TPSA) is 98.7 Å². The molecule has 8 nitrogen and oxygen atoms in total. The van der Waals surface area contributed by atoms with Gasteiger partial charge in [-0.2, -0.15) is 0 Å². The fourth-order valence-electron chi connectivity index (χ4n) is 3.52. The summed E-state index contributed by atoms with van der Waals surface area (Å²) in [7, 11) is 0. The molecule has 166 valence electrons. The highest BCUT2D eigenvalue weighted by atomic mass is 32.1. The molecular weight excluding hydrogens is 426 g/mol. The van der Waals surface area contributed by atoms with Crippen LogP contribution < -0.4 is 10.2 Å². The third-order valence-corrected chi connectivity index (χ3v) is 6.22. The van der Waals surface area contributed by atoms with Gasteiger partial charge < -0.3 is 20.2 Å². The first-order chi connectivity index (χ1) is 15.5. The highest BCUT2D eigenvalue weighted by Gasteiger charge is 2.24. The van der Waals surface area contributed by atoms with Crippen molar-refractivity contribution in [1.82, 2.24) is 20.4 Å². The number of carbonyl (C=O) groups is 2. The van der Waals surface area contributed by atoms with Crippen LogP contribution in [0.3, 0.4) is 0 Å². The summed E-state index contributed by atoms with van der Waals surface area (Å²) in [5.74, 6) is 0.694. The Bertz CT molecular complexity index is 1090. The first-order valence-corrected chi connectivity index (χ1v) is 11.5. The highest BCUT2D eigenvalue weighted by Crippen LogP contribution is 2.29. The van der Waals surface area contributed by atoms with Crippen molar-refractivity contribution >= 4 is 29.0 Å². The summed E-state index contributed by atoms with van der Waals surface area (Å²) in [5, 5.41) is 22.6. The van der Waals surface area contributed by atoms with Crippen molar-refractivity contribution in [3.8, 4) is 16.9 Å². The number of benzene rings is 1. The lowest BCUT2D eigenvalue weighted by atomic mass is 10.1. The Balaban J connectivity index is 1.34. The molecule has 2 aromatic heterocycles. The molecule has 0 aliphatic carbocycles. The standard InChI is InChI=1S/C23H25N5O3S/c1-2-8-24-22(30)19-6-7-21(26-25-19)27-9-11-28(12-10-27)23(31)20-14-17(15-32-20)16-4-3-5-18(29)13-16/h3-7,13-15,29H,2,8-12H2,1H3,(H,24,30). The monoisotopic (exact) mass is 451 g/mol. The molecule has 0 radical (unpaired) electrons. The molecule has 0 spiro atoms. The van der Waals surface area contributed by atoms with E-state index in [1.165, 1.54) is 11.3 Å². The van der Waals surface area contributed by atoms with Gasteiger partial charge in [-0.3, -0.25) is 9.59 Å². The van der Waals surface area contributed by atoms with Gasteiger partial charge in [0.2, 0.25) is 0 Å². The van der Waals surface area contributed by atoms with E-state index in [4.69, 9.17) is 0 Å². The van der Waals surface area contributed by atoms with E-state index in [0.29, 0.717) is 49.1 Å². The van der Waals surface area contributed by atoms with Crippen LogP contribution in [0.25, 0.3) is 11.1 Å².